The van der Waals surface area contributed by atoms with E-state index in [1.165, 1.54) is 12.1 Å². The number of rotatable bonds is 8. The Morgan fingerprint density at radius 2 is 1.86 bits per heavy atom. The Balaban J connectivity index is 2.46. The van der Waals surface area contributed by atoms with Crippen molar-refractivity contribution >= 4 is 29.2 Å². The predicted octanol–water partition coefficient (Wildman–Crippen LogP) is 3.02. The van der Waals surface area contributed by atoms with Gasteiger partial charge in [-0.05, 0) is 25.5 Å². The Labute approximate surface area is 132 Å². The minimum Gasteiger partial charge on any atom is -0.466 e. The molecule has 120 valence electrons. The van der Waals surface area contributed by atoms with Crippen molar-refractivity contribution in [2.75, 3.05) is 6.61 Å². The Morgan fingerprint density at radius 1 is 1.23 bits per heavy atom. The molecule has 0 aliphatic rings. The summed E-state index contributed by atoms with van der Waals surface area (Å²) < 4.78 is 9.69. The first-order valence-electron chi connectivity index (χ1n) is 6.68. The highest BCUT2D eigenvalue weighted by Gasteiger charge is 2.19. The molecule has 0 aliphatic carbocycles. The molecule has 0 unspecified atom stereocenters. The molecule has 0 radical (unpaired) electrons. The maximum absolute atomic E-state index is 11.5. The van der Waals surface area contributed by atoms with Gasteiger partial charge in [0.2, 0.25) is 0 Å². The molecule has 0 atom stereocenters. The summed E-state index contributed by atoms with van der Waals surface area (Å²) in [6, 6.07) is 4.40. The van der Waals surface area contributed by atoms with Gasteiger partial charge in [-0.1, -0.05) is 17.7 Å². The molecule has 0 amide bonds. The van der Waals surface area contributed by atoms with Crippen LogP contribution < -0.4 is 0 Å². The molecule has 0 saturated carbocycles. The summed E-state index contributed by atoms with van der Waals surface area (Å²) in [6.45, 7) is 1.75. The second kappa shape index (κ2) is 8.99. The Bertz CT molecular complexity index is 560. The maximum atomic E-state index is 11.5. The van der Waals surface area contributed by atoms with Crippen molar-refractivity contribution in [2.45, 2.75) is 32.8 Å². The highest BCUT2D eigenvalue weighted by molar-refractivity contribution is 6.32. The van der Waals surface area contributed by atoms with Crippen molar-refractivity contribution in [3.05, 3.63) is 38.9 Å². The van der Waals surface area contributed by atoms with Gasteiger partial charge in [-0.15, -0.1) is 0 Å². The van der Waals surface area contributed by atoms with E-state index in [-0.39, 0.29) is 41.7 Å². The van der Waals surface area contributed by atoms with Gasteiger partial charge in [0.1, 0.15) is 11.6 Å². The molecular weight excluding hydrogens is 314 g/mol. The lowest BCUT2D eigenvalue weighted by Crippen LogP contribution is -2.08. The first-order chi connectivity index (χ1) is 10.5. The summed E-state index contributed by atoms with van der Waals surface area (Å²) in [6.07, 6.45) is 0.461. The zero-order chi connectivity index (χ0) is 16.5. The van der Waals surface area contributed by atoms with E-state index >= 15 is 0 Å². The number of nitrogens with zero attached hydrogens (tertiary/aromatic N) is 1. The summed E-state index contributed by atoms with van der Waals surface area (Å²) in [5, 5.41) is 10.9. The number of ether oxygens (including phenoxy) is 2. The van der Waals surface area contributed by atoms with E-state index in [4.69, 9.17) is 21.1 Å². The van der Waals surface area contributed by atoms with Crippen LogP contribution in [0.4, 0.5) is 5.69 Å². The van der Waals surface area contributed by atoms with Crippen LogP contribution >= 0.6 is 11.6 Å². The molecule has 0 fully saturated rings. The molecule has 1 rings (SSSR count). The normalized spacial score (nSPS) is 10.1. The molecule has 8 heteroatoms. The van der Waals surface area contributed by atoms with Gasteiger partial charge in [0.05, 0.1) is 17.1 Å². The zero-order valence-electron chi connectivity index (χ0n) is 12.0. The molecule has 0 bridgehead atoms. The van der Waals surface area contributed by atoms with E-state index in [0.717, 1.165) is 0 Å². The molecule has 22 heavy (non-hydrogen) atoms. The Morgan fingerprint density at radius 3 is 2.45 bits per heavy atom. The SMILES string of the molecule is CCOC(=O)CCCC(=O)OCc1cccc(Cl)c1[N+](=O)[O-]. The summed E-state index contributed by atoms with van der Waals surface area (Å²) in [4.78, 5) is 32.9. The molecular formula is C14H16ClNO6. The van der Waals surface area contributed by atoms with Crippen LogP contribution in [0.25, 0.3) is 0 Å². The Kier molecular flexibility index (Phi) is 7.31. The van der Waals surface area contributed by atoms with Crippen molar-refractivity contribution < 1.29 is 24.0 Å². The predicted molar refractivity (Wildman–Crippen MR) is 78.4 cm³/mol. The van der Waals surface area contributed by atoms with Crippen LogP contribution in [0, 0.1) is 10.1 Å². The van der Waals surface area contributed by atoms with Gasteiger partial charge >= 0.3 is 11.9 Å². The van der Waals surface area contributed by atoms with Crippen LogP contribution in [-0.2, 0) is 25.7 Å². The number of halogens is 1. The van der Waals surface area contributed by atoms with Crippen molar-refractivity contribution in [3.8, 4) is 0 Å². The van der Waals surface area contributed by atoms with E-state index < -0.39 is 10.9 Å². The third kappa shape index (κ3) is 5.69. The standard InChI is InChI=1S/C14H16ClNO6/c1-2-21-12(17)7-4-8-13(18)22-9-10-5-3-6-11(15)14(10)16(19)20/h3,5-6H,2,4,7-9H2,1H3. The van der Waals surface area contributed by atoms with E-state index in [0.29, 0.717) is 13.0 Å². The minimum atomic E-state index is -0.619. The lowest BCUT2D eigenvalue weighted by molar-refractivity contribution is -0.385. The summed E-state index contributed by atoms with van der Waals surface area (Å²) in [7, 11) is 0. The van der Waals surface area contributed by atoms with Gasteiger partial charge in [-0.3, -0.25) is 19.7 Å². The average Bonchev–Trinajstić information content (AvgIpc) is 2.45. The second-order valence-corrected chi connectivity index (χ2v) is 4.73. The molecule has 0 saturated heterocycles. The number of hydrogen-bond donors (Lipinski definition) is 0. The van der Waals surface area contributed by atoms with Crippen molar-refractivity contribution in [2.24, 2.45) is 0 Å². The first kappa shape index (κ1) is 17.9. The van der Waals surface area contributed by atoms with Gasteiger partial charge in [0.15, 0.2) is 0 Å². The molecule has 0 N–H and O–H groups in total. The fourth-order valence-corrected chi connectivity index (χ4v) is 1.98. The topological polar surface area (TPSA) is 95.7 Å². The van der Waals surface area contributed by atoms with Crippen molar-refractivity contribution in [3.63, 3.8) is 0 Å². The fraction of sp³-hybridized carbons (Fsp3) is 0.429. The molecule has 7 nitrogen and oxygen atoms in total. The monoisotopic (exact) mass is 329 g/mol. The lowest BCUT2D eigenvalue weighted by Gasteiger charge is -2.06. The van der Waals surface area contributed by atoms with E-state index in [2.05, 4.69) is 0 Å². The highest BCUT2D eigenvalue weighted by atomic mass is 35.5. The molecule has 0 aliphatic heterocycles. The van der Waals surface area contributed by atoms with E-state index in [1.807, 2.05) is 0 Å². The lowest BCUT2D eigenvalue weighted by atomic mass is 10.2. The number of esters is 2. The van der Waals surface area contributed by atoms with Crippen molar-refractivity contribution in [1.82, 2.24) is 0 Å². The van der Waals surface area contributed by atoms with Crippen molar-refractivity contribution in [1.29, 1.82) is 0 Å². The number of carbonyl (C=O) groups excluding carboxylic acids is 2. The Hall–Kier alpha value is -2.15. The number of para-hydroxylation sites is 1. The number of hydrogen-bond acceptors (Lipinski definition) is 6. The van der Waals surface area contributed by atoms with Crippen LogP contribution in [0.3, 0.4) is 0 Å². The minimum absolute atomic E-state index is 0.0131. The largest absolute Gasteiger partial charge is 0.466 e. The van der Waals surface area contributed by atoms with Gasteiger partial charge in [0.25, 0.3) is 5.69 Å². The third-order valence-corrected chi connectivity index (χ3v) is 3.01. The first-order valence-corrected chi connectivity index (χ1v) is 7.06. The number of benzene rings is 1. The molecule has 1 aromatic carbocycles. The maximum Gasteiger partial charge on any atom is 0.306 e. The van der Waals surface area contributed by atoms with Crippen LogP contribution in [-0.4, -0.2) is 23.5 Å². The molecule has 0 spiro atoms. The molecule has 0 heterocycles. The van der Waals surface area contributed by atoms with E-state index in [9.17, 15) is 19.7 Å². The second-order valence-electron chi connectivity index (χ2n) is 4.32. The van der Waals surface area contributed by atoms with Gasteiger partial charge in [-0.2, -0.15) is 0 Å². The van der Waals surface area contributed by atoms with Crippen LogP contribution in [0.15, 0.2) is 18.2 Å². The van der Waals surface area contributed by atoms with Crippen LogP contribution in [0.5, 0.6) is 0 Å². The number of nitro groups is 1. The van der Waals surface area contributed by atoms with Crippen LogP contribution in [0.2, 0.25) is 5.02 Å². The van der Waals surface area contributed by atoms with Gasteiger partial charge in [-0.25, -0.2) is 0 Å². The summed E-state index contributed by atoms with van der Waals surface area (Å²) >= 11 is 5.75. The average molecular weight is 330 g/mol. The van der Waals surface area contributed by atoms with Gasteiger partial charge in [0, 0.05) is 12.8 Å². The highest BCUT2D eigenvalue weighted by Crippen LogP contribution is 2.28. The zero-order valence-corrected chi connectivity index (χ0v) is 12.8. The van der Waals surface area contributed by atoms with Crippen LogP contribution in [0.1, 0.15) is 31.7 Å². The number of carbonyl (C=O) groups is 2. The number of nitro benzene ring substituents is 1. The summed E-state index contributed by atoms with van der Waals surface area (Å²) in [5.41, 5.74) is -0.0558. The summed E-state index contributed by atoms with van der Waals surface area (Å²) in [5.74, 6) is -0.917. The fourth-order valence-electron chi connectivity index (χ4n) is 1.72. The smallest absolute Gasteiger partial charge is 0.306 e. The van der Waals surface area contributed by atoms with E-state index in [1.54, 1.807) is 13.0 Å². The third-order valence-electron chi connectivity index (χ3n) is 2.71. The quantitative estimate of drug-likeness (QED) is 0.413. The molecule has 1 aromatic rings. The van der Waals surface area contributed by atoms with Gasteiger partial charge < -0.3 is 9.47 Å². The molecule has 0 aromatic heterocycles.